The van der Waals surface area contributed by atoms with Crippen molar-refractivity contribution in [2.24, 2.45) is 7.05 Å². The Bertz CT molecular complexity index is 1480. The highest BCUT2D eigenvalue weighted by molar-refractivity contribution is 7.92. The minimum Gasteiger partial charge on any atom is -0.480 e. The molecule has 0 saturated carbocycles. The summed E-state index contributed by atoms with van der Waals surface area (Å²) in [6.45, 7) is 0. The van der Waals surface area contributed by atoms with Gasteiger partial charge in [0.05, 0.1) is 6.33 Å². The van der Waals surface area contributed by atoms with Crippen molar-refractivity contribution in [3.63, 3.8) is 0 Å². The number of aromatic nitrogens is 2. The van der Waals surface area contributed by atoms with E-state index >= 15 is 0 Å². The predicted octanol–water partition coefficient (Wildman–Crippen LogP) is 3.31. The lowest BCUT2D eigenvalue weighted by Crippen LogP contribution is -2.42. The van der Waals surface area contributed by atoms with E-state index in [9.17, 15) is 23.1 Å². The molecule has 0 spiro atoms. The Morgan fingerprint density at radius 1 is 0.972 bits per heavy atom. The van der Waals surface area contributed by atoms with Crippen molar-refractivity contribution in [1.29, 1.82) is 0 Å². The van der Waals surface area contributed by atoms with Crippen LogP contribution in [0.15, 0.2) is 96.4 Å². The monoisotopic (exact) mass is 504 g/mol. The molecule has 4 aromatic rings. The van der Waals surface area contributed by atoms with Crippen LogP contribution >= 0.6 is 0 Å². The van der Waals surface area contributed by atoms with E-state index in [-0.39, 0.29) is 22.7 Å². The van der Waals surface area contributed by atoms with Gasteiger partial charge >= 0.3 is 5.97 Å². The maximum atomic E-state index is 12.8. The summed E-state index contributed by atoms with van der Waals surface area (Å²) in [5.41, 5.74) is 3.06. The molecule has 0 bridgehead atoms. The lowest BCUT2D eigenvalue weighted by molar-refractivity contribution is -0.139. The lowest BCUT2D eigenvalue weighted by Gasteiger charge is -2.17. The highest BCUT2D eigenvalue weighted by atomic mass is 32.2. The number of aliphatic carboxylic acids is 1. The smallest absolute Gasteiger partial charge is 0.326 e. The first kappa shape index (κ1) is 24.7. The number of carboxylic acid groups (broad SMARTS) is 1. The third kappa shape index (κ3) is 5.78. The zero-order valence-corrected chi connectivity index (χ0v) is 20.1. The standard InChI is InChI=1S/C26H24N4O5S/c1-30-16-24(27-17-30)36(34,35)29-21-13-11-19(12-14-21)25(31)28-23(26(32)33)15-20-9-5-6-10-22(20)18-7-3-2-4-8-18/h2-14,16-17,23,29H,15H2,1H3,(H,28,31)(H,32,33). The van der Waals surface area contributed by atoms with E-state index in [0.717, 1.165) is 16.7 Å². The number of carboxylic acids is 1. The Morgan fingerprint density at radius 2 is 1.64 bits per heavy atom. The van der Waals surface area contributed by atoms with Gasteiger partial charge in [-0.05, 0) is 41.0 Å². The molecule has 1 unspecified atom stereocenters. The molecule has 0 aliphatic rings. The molecule has 1 heterocycles. The number of carbonyl (C=O) groups excluding carboxylic acids is 1. The normalized spacial score (nSPS) is 12.0. The van der Waals surface area contributed by atoms with Crippen LogP contribution in [0.2, 0.25) is 0 Å². The second-order valence-corrected chi connectivity index (χ2v) is 9.78. The van der Waals surface area contributed by atoms with Crippen molar-refractivity contribution in [3.05, 3.63) is 103 Å². The Hall–Kier alpha value is -4.44. The molecule has 0 aliphatic carbocycles. The second kappa shape index (κ2) is 10.4. The van der Waals surface area contributed by atoms with Gasteiger partial charge in [-0.2, -0.15) is 8.42 Å². The summed E-state index contributed by atoms with van der Waals surface area (Å²) in [7, 11) is -2.22. The number of hydrogen-bond donors (Lipinski definition) is 3. The summed E-state index contributed by atoms with van der Waals surface area (Å²) in [5.74, 6) is -1.75. The van der Waals surface area contributed by atoms with Gasteiger partial charge in [-0.25, -0.2) is 9.78 Å². The molecule has 0 radical (unpaired) electrons. The van der Waals surface area contributed by atoms with E-state index in [1.165, 1.54) is 41.4 Å². The summed E-state index contributed by atoms with van der Waals surface area (Å²) in [5, 5.41) is 12.2. The number of amides is 1. The number of imidazole rings is 1. The number of rotatable bonds is 9. The van der Waals surface area contributed by atoms with E-state index in [1.807, 2.05) is 54.6 Å². The van der Waals surface area contributed by atoms with E-state index in [4.69, 9.17) is 0 Å². The fourth-order valence-corrected chi connectivity index (χ4v) is 4.73. The SMILES string of the molecule is Cn1cnc(S(=O)(=O)Nc2ccc(C(=O)NC(Cc3ccccc3-c3ccccc3)C(=O)O)cc2)c1. The molecule has 1 atom stereocenters. The molecule has 1 aromatic heterocycles. The van der Waals surface area contributed by atoms with Gasteiger partial charge in [-0.15, -0.1) is 0 Å². The molecule has 36 heavy (non-hydrogen) atoms. The molecule has 9 nitrogen and oxygen atoms in total. The number of sulfonamides is 1. The first-order chi connectivity index (χ1) is 17.2. The average Bonchev–Trinajstić information content (AvgIpc) is 3.32. The lowest BCUT2D eigenvalue weighted by atomic mass is 9.95. The zero-order chi connectivity index (χ0) is 25.7. The fourth-order valence-electron chi connectivity index (χ4n) is 3.68. The molecule has 10 heteroatoms. The minimum absolute atomic E-state index is 0.0914. The second-order valence-electron chi connectivity index (χ2n) is 8.15. The van der Waals surface area contributed by atoms with Gasteiger partial charge in [0, 0.05) is 30.9 Å². The van der Waals surface area contributed by atoms with Crippen molar-refractivity contribution in [2.75, 3.05) is 4.72 Å². The average molecular weight is 505 g/mol. The quantitative estimate of drug-likeness (QED) is 0.321. The number of nitrogens with zero attached hydrogens (tertiary/aromatic N) is 2. The van der Waals surface area contributed by atoms with Crippen LogP contribution in [0.25, 0.3) is 11.1 Å². The number of hydrogen-bond acceptors (Lipinski definition) is 5. The van der Waals surface area contributed by atoms with Crippen LogP contribution in [0.1, 0.15) is 15.9 Å². The largest absolute Gasteiger partial charge is 0.480 e. The van der Waals surface area contributed by atoms with Crippen LogP contribution < -0.4 is 10.0 Å². The predicted molar refractivity (Wildman–Crippen MR) is 135 cm³/mol. The third-order valence-electron chi connectivity index (χ3n) is 5.49. The van der Waals surface area contributed by atoms with E-state index in [2.05, 4.69) is 15.0 Å². The van der Waals surface area contributed by atoms with Crippen LogP contribution in [0, 0.1) is 0 Å². The zero-order valence-electron chi connectivity index (χ0n) is 19.3. The first-order valence-electron chi connectivity index (χ1n) is 11.0. The van der Waals surface area contributed by atoms with Gasteiger partial charge in [0.2, 0.25) is 0 Å². The topological polar surface area (TPSA) is 130 Å². The van der Waals surface area contributed by atoms with Crippen molar-refractivity contribution in [2.45, 2.75) is 17.5 Å². The third-order valence-corrected chi connectivity index (χ3v) is 6.75. The Balaban J connectivity index is 1.47. The van der Waals surface area contributed by atoms with Crippen LogP contribution in [-0.4, -0.2) is 41.0 Å². The van der Waals surface area contributed by atoms with E-state index < -0.39 is 27.9 Å². The van der Waals surface area contributed by atoms with Crippen molar-refractivity contribution < 1.29 is 23.1 Å². The Morgan fingerprint density at radius 3 is 2.28 bits per heavy atom. The number of carbonyl (C=O) groups is 2. The van der Waals surface area contributed by atoms with Gasteiger partial charge in [-0.1, -0.05) is 54.6 Å². The molecular formula is C26H24N4O5S. The molecule has 184 valence electrons. The van der Waals surface area contributed by atoms with Crippen LogP contribution in [0.3, 0.4) is 0 Å². The molecule has 0 saturated heterocycles. The molecule has 0 fully saturated rings. The highest BCUT2D eigenvalue weighted by Crippen LogP contribution is 2.24. The van der Waals surface area contributed by atoms with Crippen molar-refractivity contribution in [3.8, 4) is 11.1 Å². The van der Waals surface area contributed by atoms with E-state index in [0.29, 0.717) is 0 Å². The molecule has 4 rings (SSSR count). The minimum atomic E-state index is -3.88. The number of benzene rings is 3. The van der Waals surface area contributed by atoms with Gasteiger partial charge in [0.1, 0.15) is 6.04 Å². The summed E-state index contributed by atoms with van der Waals surface area (Å²) < 4.78 is 28.8. The van der Waals surface area contributed by atoms with Gasteiger partial charge in [0.15, 0.2) is 5.03 Å². The summed E-state index contributed by atoms with van der Waals surface area (Å²) in [4.78, 5) is 28.6. The summed E-state index contributed by atoms with van der Waals surface area (Å²) in [6.07, 6.45) is 2.83. The summed E-state index contributed by atoms with van der Waals surface area (Å²) >= 11 is 0. The summed E-state index contributed by atoms with van der Waals surface area (Å²) in [6, 6.07) is 21.6. The number of anilines is 1. The molecule has 3 N–H and O–H groups in total. The number of aryl methyl sites for hydroxylation is 1. The molecule has 1 amide bonds. The maximum absolute atomic E-state index is 12.8. The molecular weight excluding hydrogens is 480 g/mol. The van der Waals surface area contributed by atoms with Crippen molar-refractivity contribution >= 4 is 27.6 Å². The van der Waals surface area contributed by atoms with E-state index in [1.54, 1.807) is 7.05 Å². The Kier molecular flexibility index (Phi) is 7.16. The Labute approximate surface area is 208 Å². The van der Waals surface area contributed by atoms with Gasteiger partial charge in [0.25, 0.3) is 15.9 Å². The number of nitrogens with one attached hydrogen (secondary N) is 2. The maximum Gasteiger partial charge on any atom is 0.326 e. The highest BCUT2D eigenvalue weighted by Gasteiger charge is 2.23. The van der Waals surface area contributed by atoms with Crippen LogP contribution in [-0.2, 0) is 28.3 Å². The first-order valence-corrected chi connectivity index (χ1v) is 12.5. The van der Waals surface area contributed by atoms with Crippen LogP contribution in [0.4, 0.5) is 5.69 Å². The van der Waals surface area contributed by atoms with Gasteiger partial charge in [-0.3, -0.25) is 9.52 Å². The molecule has 0 aliphatic heterocycles. The molecule has 3 aromatic carbocycles. The van der Waals surface area contributed by atoms with Crippen LogP contribution in [0.5, 0.6) is 0 Å². The fraction of sp³-hybridized carbons (Fsp3) is 0.115. The van der Waals surface area contributed by atoms with Gasteiger partial charge < -0.3 is 15.0 Å². The van der Waals surface area contributed by atoms with Crippen molar-refractivity contribution in [1.82, 2.24) is 14.9 Å².